The molecule has 1 unspecified atom stereocenters. The number of rotatable bonds is 10. The number of hydrogen-bond donors (Lipinski definition) is 0. The average molecular weight is 536 g/mol. The molecule has 0 bridgehead atoms. The molecule has 0 aliphatic heterocycles. The smallest absolute Gasteiger partial charge is 0.147 e. The Morgan fingerprint density at radius 1 is 1.00 bits per heavy atom. The number of nitrogens with zero attached hydrogens (tertiary/aromatic N) is 1. The van der Waals surface area contributed by atoms with E-state index in [4.69, 9.17) is 16.3 Å². The van der Waals surface area contributed by atoms with Crippen LogP contribution in [0.5, 0.6) is 5.75 Å². The minimum atomic E-state index is -0.903. The Balaban J connectivity index is 1.50. The van der Waals surface area contributed by atoms with Crippen LogP contribution >= 0.6 is 23.5 Å². The molecule has 1 aliphatic rings. The highest BCUT2D eigenvalue weighted by atomic mass is 35.5. The van der Waals surface area contributed by atoms with Crippen molar-refractivity contribution in [3.05, 3.63) is 89.0 Å². The molecule has 0 radical (unpaired) electrons. The van der Waals surface area contributed by atoms with Crippen LogP contribution in [0.25, 0.3) is 0 Å². The SMILES string of the molecule is O=S(CCOc1ccccc1CN(Sc1ccc(Cl)cc1)c1cc(F)ccc1F)C1CCCCC1. The molecule has 1 fully saturated rings. The van der Waals surface area contributed by atoms with E-state index in [1.165, 1.54) is 24.4 Å². The number of benzene rings is 3. The summed E-state index contributed by atoms with van der Waals surface area (Å²) in [5.74, 6) is 0.0967. The fourth-order valence-electron chi connectivity index (χ4n) is 4.12. The summed E-state index contributed by atoms with van der Waals surface area (Å²) >= 11 is 7.30. The van der Waals surface area contributed by atoms with Gasteiger partial charge in [-0.05, 0) is 67.3 Å². The molecular weight excluding hydrogens is 508 g/mol. The fourth-order valence-corrected chi connectivity index (χ4v) is 6.64. The van der Waals surface area contributed by atoms with Crippen LogP contribution in [0.2, 0.25) is 5.02 Å². The first-order chi connectivity index (χ1) is 17.0. The zero-order valence-electron chi connectivity index (χ0n) is 19.3. The van der Waals surface area contributed by atoms with Crippen LogP contribution in [-0.4, -0.2) is 21.8 Å². The van der Waals surface area contributed by atoms with E-state index in [-0.39, 0.29) is 17.5 Å². The molecule has 0 amide bonds. The van der Waals surface area contributed by atoms with E-state index in [0.29, 0.717) is 23.1 Å². The molecule has 186 valence electrons. The lowest BCUT2D eigenvalue weighted by Crippen LogP contribution is -2.23. The molecular formula is C27H28ClF2NO2S2. The number of halogens is 3. The zero-order valence-corrected chi connectivity index (χ0v) is 21.7. The van der Waals surface area contributed by atoms with E-state index in [0.717, 1.165) is 48.3 Å². The summed E-state index contributed by atoms with van der Waals surface area (Å²) in [5.41, 5.74) is 0.958. The summed E-state index contributed by atoms with van der Waals surface area (Å²) in [6.07, 6.45) is 5.59. The van der Waals surface area contributed by atoms with Crippen molar-refractivity contribution in [3.63, 3.8) is 0 Å². The molecule has 1 saturated carbocycles. The first kappa shape index (κ1) is 26.0. The summed E-state index contributed by atoms with van der Waals surface area (Å²) in [5, 5.41) is 0.868. The minimum absolute atomic E-state index is 0.137. The lowest BCUT2D eigenvalue weighted by molar-refractivity contribution is 0.338. The minimum Gasteiger partial charge on any atom is -0.492 e. The number of para-hydroxylation sites is 1. The van der Waals surface area contributed by atoms with Crippen molar-refractivity contribution >= 4 is 40.0 Å². The van der Waals surface area contributed by atoms with E-state index in [1.807, 2.05) is 36.4 Å². The Kier molecular flexibility index (Phi) is 9.46. The summed E-state index contributed by atoms with van der Waals surface area (Å²) in [7, 11) is -0.903. The van der Waals surface area contributed by atoms with Crippen LogP contribution in [-0.2, 0) is 17.3 Å². The fraction of sp³-hybridized carbons (Fsp3) is 0.333. The molecule has 35 heavy (non-hydrogen) atoms. The van der Waals surface area contributed by atoms with Gasteiger partial charge in [-0.1, -0.05) is 49.1 Å². The molecule has 3 aromatic carbocycles. The van der Waals surface area contributed by atoms with Crippen molar-refractivity contribution in [1.29, 1.82) is 0 Å². The summed E-state index contributed by atoms with van der Waals surface area (Å²) in [4.78, 5) is 0.833. The van der Waals surface area contributed by atoms with Crippen molar-refractivity contribution in [2.45, 2.75) is 48.8 Å². The van der Waals surface area contributed by atoms with E-state index in [1.54, 1.807) is 16.4 Å². The van der Waals surface area contributed by atoms with Gasteiger partial charge < -0.3 is 9.04 Å². The predicted octanol–water partition coefficient (Wildman–Crippen LogP) is 7.79. The van der Waals surface area contributed by atoms with Gasteiger partial charge in [-0.15, -0.1) is 0 Å². The van der Waals surface area contributed by atoms with E-state index < -0.39 is 22.4 Å². The van der Waals surface area contributed by atoms with Gasteiger partial charge in [-0.25, -0.2) is 8.78 Å². The standard InChI is InChI=1S/C27H28ClF2NO2S2/c28-21-10-13-23(14-11-21)34-31(26-18-22(29)12-15-25(26)30)19-20-6-4-5-9-27(20)33-16-17-35(32)24-7-2-1-3-8-24/h4-6,9-15,18,24H,1-3,7-8,16-17,19H2. The molecule has 1 atom stereocenters. The third-order valence-corrected chi connectivity index (χ3v) is 9.02. The highest BCUT2D eigenvalue weighted by Crippen LogP contribution is 2.35. The van der Waals surface area contributed by atoms with Crippen molar-refractivity contribution < 1.29 is 17.7 Å². The van der Waals surface area contributed by atoms with Crippen molar-refractivity contribution in [1.82, 2.24) is 0 Å². The van der Waals surface area contributed by atoms with Gasteiger partial charge in [0, 0.05) is 37.6 Å². The second-order valence-electron chi connectivity index (χ2n) is 8.48. The van der Waals surface area contributed by atoms with E-state index in [2.05, 4.69) is 0 Å². The van der Waals surface area contributed by atoms with Gasteiger partial charge in [0.15, 0.2) is 0 Å². The molecule has 0 aromatic heterocycles. The van der Waals surface area contributed by atoms with Crippen LogP contribution in [0.4, 0.5) is 14.5 Å². The van der Waals surface area contributed by atoms with Gasteiger partial charge >= 0.3 is 0 Å². The molecule has 3 aromatic rings. The molecule has 0 N–H and O–H groups in total. The highest BCUT2D eigenvalue weighted by Gasteiger charge is 2.20. The number of ether oxygens (including phenoxy) is 1. The number of anilines is 1. The molecule has 0 spiro atoms. The second kappa shape index (κ2) is 12.7. The van der Waals surface area contributed by atoms with Gasteiger partial charge in [0.05, 0.1) is 24.6 Å². The van der Waals surface area contributed by atoms with Crippen molar-refractivity contribution in [2.24, 2.45) is 0 Å². The normalized spacial score (nSPS) is 15.1. The highest BCUT2D eigenvalue weighted by molar-refractivity contribution is 8.00. The maximum absolute atomic E-state index is 14.8. The molecule has 0 saturated heterocycles. The average Bonchev–Trinajstić information content (AvgIpc) is 2.88. The molecule has 8 heteroatoms. The summed E-state index contributed by atoms with van der Waals surface area (Å²) < 4.78 is 49.2. The predicted molar refractivity (Wildman–Crippen MR) is 142 cm³/mol. The first-order valence-electron chi connectivity index (χ1n) is 11.7. The maximum atomic E-state index is 14.8. The maximum Gasteiger partial charge on any atom is 0.147 e. The lowest BCUT2D eigenvalue weighted by atomic mass is 10.0. The Hall–Kier alpha value is -2.09. The topological polar surface area (TPSA) is 29.5 Å². The van der Waals surface area contributed by atoms with Crippen LogP contribution in [0.3, 0.4) is 0 Å². The lowest BCUT2D eigenvalue weighted by Gasteiger charge is -2.25. The number of hydrogen-bond acceptors (Lipinski definition) is 4. The van der Waals surface area contributed by atoms with Gasteiger partial charge in [0.1, 0.15) is 17.4 Å². The summed E-state index contributed by atoms with van der Waals surface area (Å²) in [6, 6.07) is 18.1. The van der Waals surface area contributed by atoms with Crippen molar-refractivity contribution in [2.75, 3.05) is 16.7 Å². The Morgan fingerprint density at radius 2 is 1.74 bits per heavy atom. The van der Waals surface area contributed by atoms with Crippen LogP contribution in [0, 0.1) is 11.6 Å². The van der Waals surface area contributed by atoms with Crippen molar-refractivity contribution in [3.8, 4) is 5.75 Å². The van der Waals surface area contributed by atoms with E-state index >= 15 is 0 Å². The van der Waals surface area contributed by atoms with Crippen LogP contribution in [0.15, 0.2) is 71.6 Å². The Bertz CT molecular complexity index is 1140. The second-order valence-corrected chi connectivity index (χ2v) is 11.8. The Labute approximate surface area is 217 Å². The van der Waals surface area contributed by atoms with Gasteiger partial charge in [-0.2, -0.15) is 0 Å². The largest absolute Gasteiger partial charge is 0.492 e. The van der Waals surface area contributed by atoms with Crippen LogP contribution < -0.4 is 9.04 Å². The molecule has 4 rings (SSSR count). The molecule has 3 nitrogen and oxygen atoms in total. The van der Waals surface area contributed by atoms with Gasteiger partial charge in [0.2, 0.25) is 0 Å². The zero-order chi connectivity index (χ0) is 24.6. The summed E-state index contributed by atoms with van der Waals surface area (Å²) in [6.45, 7) is 0.619. The molecule has 0 heterocycles. The van der Waals surface area contributed by atoms with Gasteiger partial charge in [-0.3, -0.25) is 4.21 Å². The third-order valence-electron chi connectivity index (χ3n) is 5.96. The third kappa shape index (κ3) is 7.45. The van der Waals surface area contributed by atoms with Gasteiger partial charge in [0.25, 0.3) is 0 Å². The molecule has 1 aliphatic carbocycles. The van der Waals surface area contributed by atoms with Crippen LogP contribution in [0.1, 0.15) is 37.7 Å². The monoisotopic (exact) mass is 535 g/mol. The quantitative estimate of drug-likeness (QED) is 0.248. The first-order valence-corrected chi connectivity index (χ1v) is 14.3. The Morgan fingerprint density at radius 3 is 2.51 bits per heavy atom. The van der Waals surface area contributed by atoms with E-state index in [9.17, 15) is 13.0 Å².